The lowest BCUT2D eigenvalue weighted by Crippen LogP contribution is -2.22. The maximum Gasteiger partial charge on any atom is 0.118 e. The summed E-state index contributed by atoms with van der Waals surface area (Å²) in [5.74, 6) is 0.989. The van der Waals surface area contributed by atoms with E-state index in [4.69, 9.17) is 4.74 Å². The molecule has 0 aromatic heterocycles. The zero-order valence-corrected chi connectivity index (χ0v) is 26.3. The quantitative estimate of drug-likeness (QED) is 0.139. The highest BCUT2D eigenvalue weighted by atomic mass is 16.5. The van der Waals surface area contributed by atoms with Gasteiger partial charge < -0.3 is 14.5 Å². The van der Waals surface area contributed by atoms with Gasteiger partial charge in [-0.25, -0.2) is 0 Å². The smallest absolute Gasteiger partial charge is 0.118 e. The molecule has 5 aromatic rings. The van der Waals surface area contributed by atoms with E-state index in [-0.39, 0.29) is 5.92 Å². The number of rotatable bonds is 12. The van der Waals surface area contributed by atoms with E-state index in [9.17, 15) is 0 Å². The second-order valence-corrected chi connectivity index (χ2v) is 11.3. The van der Waals surface area contributed by atoms with Crippen molar-refractivity contribution >= 4 is 11.4 Å². The van der Waals surface area contributed by atoms with E-state index in [0.717, 1.165) is 31.9 Å². The molecule has 220 valence electrons. The number of benzene rings is 5. The lowest BCUT2D eigenvalue weighted by Gasteiger charge is -2.28. The van der Waals surface area contributed by atoms with Crippen molar-refractivity contribution in [2.24, 2.45) is 0 Å². The summed E-state index contributed by atoms with van der Waals surface area (Å²) in [7, 11) is 1.72. The Hall–Kier alpha value is -4.50. The molecule has 0 N–H and O–H groups in total. The van der Waals surface area contributed by atoms with Gasteiger partial charge in [0.05, 0.1) is 7.11 Å². The molecule has 0 saturated carbocycles. The highest BCUT2D eigenvalue weighted by molar-refractivity contribution is 5.59. The monoisotopic (exact) mass is 568 g/mol. The van der Waals surface area contributed by atoms with Crippen LogP contribution in [0.5, 0.6) is 5.75 Å². The van der Waals surface area contributed by atoms with Gasteiger partial charge in [0.25, 0.3) is 0 Å². The molecule has 0 spiro atoms. The maximum absolute atomic E-state index is 5.50. The number of ether oxygens (including phenoxy) is 1. The van der Waals surface area contributed by atoms with Crippen molar-refractivity contribution in [3.63, 3.8) is 0 Å². The fraction of sp³-hybridized carbons (Fsp3) is 0.250. The first-order chi connectivity index (χ1) is 21.0. The van der Waals surface area contributed by atoms with E-state index in [1.54, 1.807) is 7.11 Å². The van der Waals surface area contributed by atoms with E-state index in [1.807, 2.05) is 0 Å². The van der Waals surface area contributed by atoms with Gasteiger partial charge in [-0.2, -0.15) is 0 Å². The average molecular weight is 569 g/mol. The van der Waals surface area contributed by atoms with Crippen LogP contribution in [0.4, 0.5) is 11.4 Å². The summed E-state index contributed by atoms with van der Waals surface area (Å²) in [6.07, 6.45) is 0. The zero-order chi connectivity index (χ0) is 30.2. The minimum absolute atomic E-state index is 0.113. The fourth-order valence-corrected chi connectivity index (χ4v) is 6.06. The topological polar surface area (TPSA) is 15.7 Å². The van der Waals surface area contributed by atoms with Crippen LogP contribution in [0.3, 0.4) is 0 Å². The molecule has 0 heterocycles. The highest BCUT2D eigenvalue weighted by Crippen LogP contribution is 2.38. The summed E-state index contributed by atoms with van der Waals surface area (Å²) in [6, 6.07) is 44.0. The van der Waals surface area contributed by atoms with Crippen LogP contribution in [0.15, 0.2) is 121 Å². The minimum Gasteiger partial charge on any atom is -0.497 e. The molecule has 5 aromatic carbocycles. The molecule has 0 unspecified atom stereocenters. The molecular formula is C40H44N2O. The Kier molecular flexibility index (Phi) is 9.84. The van der Waals surface area contributed by atoms with Crippen LogP contribution in [0, 0.1) is 13.8 Å². The number of hydrogen-bond donors (Lipinski definition) is 0. The summed E-state index contributed by atoms with van der Waals surface area (Å²) in [5.41, 5.74) is 11.7. The number of anilines is 2. The van der Waals surface area contributed by atoms with Crippen molar-refractivity contribution in [1.29, 1.82) is 0 Å². The minimum atomic E-state index is 0.113. The second-order valence-electron chi connectivity index (χ2n) is 11.3. The normalized spacial score (nSPS) is 11.0. The van der Waals surface area contributed by atoms with Crippen molar-refractivity contribution in [3.05, 3.63) is 160 Å². The molecule has 0 fully saturated rings. The van der Waals surface area contributed by atoms with Crippen molar-refractivity contribution in [2.45, 2.75) is 46.7 Å². The molecule has 0 bridgehead atoms. The molecule has 0 aliphatic carbocycles. The predicted molar refractivity (Wildman–Crippen MR) is 183 cm³/mol. The van der Waals surface area contributed by atoms with E-state index in [0.29, 0.717) is 0 Å². The first-order valence-electron chi connectivity index (χ1n) is 15.4. The van der Waals surface area contributed by atoms with E-state index >= 15 is 0 Å². The Morgan fingerprint density at radius 3 is 1.37 bits per heavy atom. The lowest BCUT2D eigenvalue weighted by atomic mass is 9.81. The predicted octanol–water partition coefficient (Wildman–Crippen LogP) is 9.55. The average Bonchev–Trinajstić information content (AvgIpc) is 3.05. The Morgan fingerprint density at radius 1 is 0.558 bits per heavy atom. The SMILES string of the molecule is CCN(Cc1ccccc1)c1ccc(C(c2ccc(OC)cc2)c2ccc(N(CC)Cc3ccccc3)cc2C)c(C)c1. The molecule has 0 amide bonds. The van der Waals surface area contributed by atoms with Gasteiger partial charge in [-0.15, -0.1) is 0 Å². The number of methoxy groups -OCH3 is 1. The van der Waals surface area contributed by atoms with Crippen molar-refractivity contribution in [1.82, 2.24) is 0 Å². The van der Waals surface area contributed by atoms with Crippen molar-refractivity contribution in [2.75, 3.05) is 30.0 Å². The van der Waals surface area contributed by atoms with E-state index < -0.39 is 0 Å². The molecule has 5 rings (SSSR count). The van der Waals surface area contributed by atoms with Crippen LogP contribution < -0.4 is 14.5 Å². The molecular weight excluding hydrogens is 524 g/mol. The maximum atomic E-state index is 5.50. The molecule has 3 heteroatoms. The van der Waals surface area contributed by atoms with Crippen LogP contribution in [-0.2, 0) is 13.1 Å². The summed E-state index contributed by atoms with van der Waals surface area (Å²) in [4.78, 5) is 4.89. The first-order valence-corrected chi connectivity index (χ1v) is 15.4. The Morgan fingerprint density at radius 2 is 1.00 bits per heavy atom. The van der Waals surface area contributed by atoms with Gasteiger partial charge in [-0.3, -0.25) is 0 Å². The third-order valence-corrected chi connectivity index (χ3v) is 8.50. The fourth-order valence-electron chi connectivity index (χ4n) is 6.06. The largest absolute Gasteiger partial charge is 0.497 e. The summed E-state index contributed by atoms with van der Waals surface area (Å²) in [5, 5.41) is 0. The third-order valence-electron chi connectivity index (χ3n) is 8.50. The van der Waals surface area contributed by atoms with Crippen LogP contribution in [-0.4, -0.2) is 20.2 Å². The summed E-state index contributed by atoms with van der Waals surface area (Å²) in [6.45, 7) is 12.7. The third kappa shape index (κ3) is 7.11. The molecule has 43 heavy (non-hydrogen) atoms. The molecule has 0 radical (unpaired) electrons. The van der Waals surface area contributed by atoms with Gasteiger partial charge in [-0.1, -0.05) is 84.9 Å². The lowest BCUT2D eigenvalue weighted by molar-refractivity contribution is 0.414. The van der Waals surface area contributed by atoms with Gasteiger partial charge in [0, 0.05) is 43.5 Å². The Bertz CT molecular complexity index is 1500. The van der Waals surface area contributed by atoms with Crippen LogP contribution in [0.1, 0.15) is 58.7 Å². The van der Waals surface area contributed by atoms with Gasteiger partial charge in [-0.05, 0) is 103 Å². The summed E-state index contributed by atoms with van der Waals surface area (Å²) < 4.78 is 5.50. The van der Waals surface area contributed by atoms with Gasteiger partial charge >= 0.3 is 0 Å². The molecule has 0 atom stereocenters. The van der Waals surface area contributed by atoms with Crippen LogP contribution >= 0.6 is 0 Å². The molecule has 0 aliphatic heterocycles. The van der Waals surface area contributed by atoms with Gasteiger partial charge in [0.2, 0.25) is 0 Å². The number of nitrogens with zero attached hydrogens (tertiary/aromatic N) is 2. The van der Waals surface area contributed by atoms with Gasteiger partial charge in [0.1, 0.15) is 5.75 Å². The number of hydrogen-bond acceptors (Lipinski definition) is 3. The van der Waals surface area contributed by atoms with Crippen molar-refractivity contribution in [3.8, 4) is 5.75 Å². The highest BCUT2D eigenvalue weighted by Gasteiger charge is 2.22. The zero-order valence-electron chi connectivity index (χ0n) is 26.3. The van der Waals surface area contributed by atoms with E-state index in [2.05, 4.69) is 159 Å². The Balaban J connectivity index is 1.51. The molecule has 0 saturated heterocycles. The van der Waals surface area contributed by atoms with E-state index in [1.165, 1.54) is 50.3 Å². The molecule has 3 nitrogen and oxygen atoms in total. The van der Waals surface area contributed by atoms with Crippen LogP contribution in [0.25, 0.3) is 0 Å². The first kappa shape index (κ1) is 30.0. The van der Waals surface area contributed by atoms with Crippen molar-refractivity contribution < 1.29 is 4.74 Å². The molecule has 0 aliphatic rings. The standard InChI is InChI=1S/C40H44N2O/c1-6-41(28-32-14-10-8-11-15-32)35-20-24-38(30(3)26-35)40(34-18-22-37(43-5)23-19-34)39-25-21-36(27-31(39)4)42(7-2)29-33-16-12-9-13-17-33/h8-27,40H,6-7,28-29H2,1-5H3. The summed E-state index contributed by atoms with van der Waals surface area (Å²) >= 11 is 0. The van der Waals surface area contributed by atoms with Crippen LogP contribution in [0.2, 0.25) is 0 Å². The Labute approximate surface area is 258 Å². The van der Waals surface area contributed by atoms with Gasteiger partial charge in [0.15, 0.2) is 0 Å². The second kappa shape index (κ2) is 14.1. The number of aryl methyl sites for hydroxylation is 2.